The van der Waals surface area contributed by atoms with Crippen molar-refractivity contribution in [3.8, 4) is 0 Å². The minimum atomic E-state index is -4.37. The number of benzene rings is 1. The molecule has 2 aliphatic rings. The van der Waals surface area contributed by atoms with Crippen LogP contribution in [0, 0.1) is 6.92 Å². The predicted octanol–water partition coefficient (Wildman–Crippen LogP) is 3.70. The topological polar surface area (TPSA) is 50.4 Å². The largest absolute Gasteiger partial charge is 0.416 e. The van der Waals surface area contributed by atoms with Gasteiger partial charge < -0.3 is 15.4 Å². The van der Waals surface area contributed by atoms with Crippen molar-refractivity contribution in [2.45, 2.75) is 62.6 Å². The van der Waals surface area contributed by atoms with Gasteiger partial charge >= 0.3 is 6.18 Å². The summed E-state index contributed by atoms with van der Waals surface area (Å²) in [5, 5.41) is 6.17. The highest BCUT2D eigenvalue weighted by Gasteiger charge is 2.44. The molecule has 3 rings (SSSR count). The zero-order valence-corrected chi connectivity index (χ0v) is 16.7. The van der Waals surface area contributed by atoms with Crippen LogP contribution in [0.15, 0.2) is 18.2 Å². The number of hydrogen-bond donors (Lipinski definition) is 2. The highest BCUT2D eigenvalue weighted by Crippen LogP contribution is 2.37. The van der Waals surface area contributed by atoms with E-state index in [1.165, 1.54) is 0 Å². The van der Waals surface area contributed by atoms with Crippen LogP contribution in [0.3, 0.4) is 0 Å². The number of hydrogen-bond acceptors (Lipinski definition) is 3. The maximum atomic E-state index is 13.0. The fourth-order valence-corrected chi connectivity index (χ4v) is 4.12. The van der Waals surface area contributed by atoms with Crippen LogP contribution in [0.5, 0.6) is 0 Å². The molecule has 0 radical (unpaired) electrons. The highest BCUT2D eigenvalue weighted by molar-refractivity contribution is 7.18. The lowest BCUT2D eigenvalue weighted by Gasteiger charge is -2.44. The van der Waals surface area contributed by atoms with Crippen LogP contribution in [0.25, 0.3) is 0 Å². The third-order valence-electron chi connectivity index (χ3n) is 5.55. The first kappa shape index (κ1) is 20.6. The van der Waals surface area contributed by atoms with Crippen molar-refractivity contribution in [1.29, 1.82) is 0 Å². The van der Waals surface area contributed by atoms with Gasteiger partial charge in [0.1, 0.15) is 0 Å². The van der Waals surface area contributed by atoms with Gasteiger partial charge in [0.05, 0.1) is 29.1 Å². The summed E-state index contributed by atoms with van der Waals surface area (Å²) in [7, 11) is 2.78. The number of ether oxygens (including phenoxy) is 1. The van der Waals surface area contributed by atoms with Crippen molar-refractivity contribution >= 4 is 15.1 Å². The summed E-state index contributed by atoms with van der Waals surface area (Å²) in [6.07, 6.45) is -1.77. The van der Waals surface area contributed by atoms with E-state index in [1.54, 1.807) is 19.9 Å². The molecule has 27 heavy (non-hydrogen) atoms. The average molecular weight is 402 g/mol. The zero-order valence-electron chi connectivity index (χ0n) is 15.6. The van der Waals surface area contributed by atoms with Crippen molar-refractivity contribution in [1.82, 2.24) is 10.6 Å². The molecule has 8 heteroatoms. The second-order valence-electron chi connectivity index (χ2n) is 7.92. The molecule has 1 unspecified atom stereocenters. The van der Waals surface area contributed by atoms with Gasteiger partial charge in [-0.05, 0) is 50.8 Å². The third-order valence-corrected chi connectivity index (χ3v) is 6.21. The summed E-state index contributed by atoms with van der Waals surface area (Å²) >= 11 is 0. The molecule has 1 amide bonds. The molecule has 2 heterocycles. The van der Waals surface area contributed by atoms with Gasteiger partial charge in [0.25, 0.3) is 0 Å². The Morgan fingerprint density at radius 2 is 2.00 bits per heavy atom. The lowest BCUT2D eigenvalue weighted by molar-refractivity contribution is -0.137. The van der Waals surface area contributed by atoms with Crippen LogP contribution in [0.1, 0.15) is 55.4 Å². The molecule has 2 aliphatic heterocycles. The second kappa shape index (κ2) is 7.34. The quantitative estimate of drug-likeness (QED) is 0.756. The predicted molar refractivity (Wildman–Crippen MR) is 100 cm³/mol. The van der Waals surface area contributed by atoms with Crippen LogP contribution in [0.2, 0.25) is 0 Å². The summed E-state index contributed by atoms with van der Waals surface area (Å²) in [6, 6.07) is 4.03. The number of carbonyl (C=O) groups excluding carboxylic acids is 1. The number of amides is 1. The molecule has 150 valence electrons. The Morgan fingerprint density at radius 3 is 2.56 bits per heavy atom. The lowest BCUT2D eigenvalue weighted by Crippen LogP contribution is -2.60. The summed E-state index contributed by atoms with van der Waals surface area (Å²) in [5.41, 5.74) is 0.265. The van der Waals surface area contributed by atoms with Crippen LogP contribution in [0.4, 0.5) is 13.2 Å². The van der Waals surface area contributed by atoms with Gasteiger partial charge in [-0.25, -0.2) is 0 Å². The van der Waals surface area contributed by atoms with E-state index in [4.69, 9.17) is 4.74 Å². The van der Waals surface area contributed by atoms with E-state index in [9.17, 15) is 18.0 Å². The van der Waals surface area contributed by atoms with Crippen molar-refractivity contribution in [3.63, 3.8) is 0 Å². The van der Waals surface area contributed by atoms with Gasteiger partial charge in [-0.15, -0.1) is 9.24 Å². The molecule has 1 aromatic rings. The third kappa shape index (κ3) is 4.82. The number of carbonyl (C=O) groups is 1. The van der Waals surface area contributed by atoms with Crippen LogP contribution < -0.4 is 10.6 Å². The lowest BCUT2D eigenvalue weighted by atomic mass is 9.85. The summed E-state index contributed by atoms with van der Waals surface area (Å²) in [5.74, 6) is 0.0952. The number of halogens is 3. The number of piperidine rings is 1. The van der Waals surface area contributed by atoms with E-state index in [-0.39, 0.29) is 16.7 Å². The van der Waals surface area contributed by atoms with Gasteiger partial charge in [-0.1, -0.05) is 11.6 Å². The molecule has 4 atom stereocenters. The van der Waals surface area contributed by atoms with Crippen molar-refractivity contribution in [3.05, 3.63) is 34.9 Å². The molecule has 0 saturated carbocycles. The first-order valence-corrected chi connectivity index (χ1v) is 9.73. The van der Waals surface area contributed by atoms with Crippen LogP contribution >= 0.6 is 9.24 Å². The monoisotopic (exact) mass is 402 g/mol. The maximum Gasteiger partial charge on any atom is 0.416 e. The first-order chi connectivity index (χ1) is 12.5. The molecule has 2 N–H and O–H groups in total. The Kier molecular flexibility index (Phi) is 5.59. The highest BCUT2D eigenvalue weighted by atomic mass is 31.0. The minimum absolute atomic E-state index is 0.0952. The normalized spacial score (nSPS) is 29.8. The molecular weight excluding hydrogens is 376 g/mol. The fourth-order valence-electron chi connectivity index (χ4n) is 3.78. The SMILES string of the molecule is Cc1cc([C@@H](C)OC[C@]2(P)CC[C@]3(CCC(=O)N3)CN2)cc(C(F)(F)F)c1. The minimum Gasteiger partial charge on any atom is -0.372 e. The van der Waals surface area contributed by atoms with E-state index < -0.39 is 17.8 Å². The first-order valence-electron chi connectivity index (χ1n) is 9.16. The zero-order chi connectivity index (χ0) is 19.9. The van der Waals surface area contributed by atoms with Crippen LogP contribution in [-0.2, 0) is 15.7 Å². The average Bonchev–Trinajstić information content (AvgIpc) is 2.96. The standard InChI is InChI=1S/C19H26F3N2O2P/c1-12-7-14(9-15(8-12)19(20,21)22)13(2)26-11-18(27)6-5-17(10-23-18)4-3-16(25)24-17/h7-9,13,23H,3-6,10-11,27H2,1-2H3,(H,24,25)/t13-,17-,18-/m1/s1. The molecule has 2 saturated heterocycles. The van der Waals surface area contributed by atoms with Crippen LogP contribution in [-0.4, -0.2) is 29.9 Å². The fraction of sp³-hybridized carbons (Fsp3) is 0.632. The van der Waals surface area contributed by atoms with E-state index in [1.807, 2.05) is 0 Å². The van der Waals surface area contributed by atoms with Crippen molar-refractivity contribution in [2.75, 3.05) is 13.2 Å². The molecule has 1 aromatic carbocycles. The van der Waals surface area contributed by atoms with Gasteiger partial charge in [0.15, 0.2) is 0 Å². The Balaban J connectivity index is 1.60. The van der Waals surface area contributed by atoms with Gasteiger partial charge in [-0.2, -0.15) is 13.2 Å². The van der Waals surface area contributed by atoms with E-state index >= 15 is 0 Å². The van der Waals surface area contributed by atoms with Crippen molar-refractivity contribution in [2.24, 2.45) is 0 Å². The number of aryl methyl sites for hydroxylation is 1. The summed E-state index contributed by atoms with van der Waals surface area (Å²) in [4.78, 5) is 11.5. The Labute approximate surface area is 159 Å². The van der Waals surface area contributed by atoms with Gasteiger partial charge in [-0.3, -0.25) is 4.79 Å². The number of alkyl halides is 3. The molecule has 0 aliphatic carbocycles. The number of nitrogens with one attached hydrogen (secondary N) is 2. The Bertz CT molecular complexity index is 715. The molecule has 1 spiro atoms. The summed E-state index contributed by atoms with van der Waals surface area (Å²) < 4.78 is 45.0. The molecule has 2 fully saturated rings. The smallest absolute Gasteiger partial charge is 0.372 e. The molecule has 4 nitrogen and oxygen atoms in total. The van der Waals surface area contributed by atoms with E-state index in [0.717, 1.165) is 31.4 Å². The van der Waals surface area contributed by atoms with Crippen molar-refractivity contribution < 1.29 is 22.7 Å². The van der Waals surface area contributed by atoms with Gasteiger partial charge in [0, 0.05) is 13.0 Å². The maximum absolute atomic E-state index is 13.0. The van der Waals surface area contributed by atoms with E-state index in [2.05, 4.69) is 19.9 Å². The summed E-state index contributed by atoms with van der Waals surface area (Å²) in [6.45, 7) is 4.45. The second-order valence-corrected chi connectivity index (χ2v) is 9.03. The molecular formula is C19H26F3N2O2P. The molecule has 0 aromatic heterocycles. The Hall–Kier alpha value is -1.17. The molecule has 0 bridgehead atoms. The van der Waals surface area contributed by atoms with E-state index in [0.29, 0.717) is 30.7 Å². The Morgan fingerprint density at radius 1 is 1.26 bits per heavy atom. The van der Waals surface area contributed by atoms with Gasteiger partial charge in [0.2, 0.25) is 5.91 Å². The number of rotatable bonds is 4.